The second-order valence-electron chi connectivity index (χ2n) is 6.10. The topological polar surface area (TPSA) is 38.2 Å². The first-order valence-corrected chi connectivity index (χ1v) is 8.39. The average Bonchev–Trinajstić information content (AvgIpc) is 2.58. The molecule has 2 heterocycles. The molecule has 0 aliphatic carbocycles. The van der Waals surface area contributed by atoms with Crippen molar-refractivity contribution in [2.75, 3.05) is 24.6 Å². The summed E-state index contributed by atoms with van der Waals surface area (Å²) in [5.74, 6) is 1.70. The summed E-state index contributed by atoms with van der Waals surface area (Å²) in [6, 6.07) is 10.3. The lowest BCUT2D eigenvalue weighted by Gasteiger charge is -2.42. The van der Waals surface area contributed by atoms with E-state index < -0.39 is 0 Å². The summed E-state index contributed by atoms with van der Waals surface area (Å²) >= 11 is 6.30. The van der Waals surface area contributed by atoms with Gasteiger partial charge in [0, 0.05) is 18.5 Å². The number of hydrogen-bond acceptors (Lipinski definition) is 4. The molecule has 1 aliphatic rings. The van der Waals surface area contributed by atoms with E-state index >= 15 is 0 Å². The standard InChI is InChI=1S/C18H22ClN3O/c1-4-15-20-16(19)13(2)17(21-15)22-10-11-23-18(3,12-22)14-8-6-5-7-9-14/h5-9H,4,10-12H2,1-3H3. The fourth-order valence-corrected chi connectivity index (χ4v) is 3.18. The van der Waals surface area contributed by atoms with E-state index in [4.69, 9.17) is 21.3 Å². The molecule has 1 saturated heterocycles. The number of benzene rings is 1. The molecule has 0 N–H and O–H groups in total. The fourth-order valence-electron chi connectivity index (χ4n) is 3.00. The molecule has 4 nitrogen and oxygen atoms in total. The van der Waals surface area contributed by atoms with Gasteiger partial charge in [0.15, 0.2) is 0 Å². The molecule has 23 heavy (non-hydrogen) atoms. The quantitative estimate of drug-likeness (QED) is 0.803. The number of morpholine rings is 1. The second-order valence-corrected chi connectivity index (χ2v) is 6.46. The van der Waals surface area contributed by atoms with Crippen LogP contribution in [0, 0.1) is 6.92 Å². The van der Waals surface area contributed by atoms with Crippen LogP contribution in [0.2, 0.25) is 5.15 Å². The zero-order valence-electron chi connectivity index (χ0n) is 13.8. The third-order valence-corrected chi connectivity index (χ3v) is 4.75. The molecule has 1 aliphatic heterocycles. The molecule has 5 heteroatoms. The number of aryl methyl sites for hydroxylation is 1. The lowest BCUT2D eigenvalue weighted by atomic mass is 9.94. The molecule has 1 atom stereocenters. The summed E-state index contributed by atoms with van der Waals surface area (Å²) in [6.45, 7) is 8.36. The van der Waals surface area contributed by atoms with Crippen molar-refractivity contribution >= 4 is 17.4 Å². The Morgan fingerprint density at radius 3 is 2.70 bits per heavy atom. The number of hydrogen-bond donors (Lipinski definition) is 0. The van der Waals surface area contributed by atoms with Crippen LogP contribution >= 0.6 is 11.6 Å². The highest BCUT2D eigenvalue weighted by Gasteiger charge is 2.35. The lowest BCUT2D eigenvalue weighted by molar-refractivity contribution is -0.0468. The molecule has 2 aromatic rings. The third kappa shape index (κ3) is 3.19. The molecule has 0 saturated carbocycles. The van der Waals surface area contributed by atoms with E-state index in [-0.39, 0.29) is 5.60 Å². The monoisotopic (exact) mass is 331 g/mol. The molecule has 0 radical (unpaired) electrons. The van der Waals surface area contributed by atoms with Crippen LogP contribution in [0.15, 0.2) is 30.3 Å². The zero-order chi connectivity index (χ0) is 16.4. The first-order valence-electron chi connectivity index (χ1n) is 8.01. The Bertz CT molecular complexity index is 692. The first-order chi connectivity index (χ1) is 11.0. The Labute approximate surface area is 142 Å². The highest BCUT2D eigenvalue weighted by atomic mass is 35.5. The van der Waals surface area contributed by atoms with Gasteiger partial charge in [0.1, 0.15) is 22.4 Å². The summed E-state index contributed by atoms with van der Waals surface area (Å²) in [4.78, 5) is 11.3. The minimum atomic E-state index is -0.351. The van der Waals surface area contributed by atoms with Gasteiger partial charge in [-0.05, 0) is 19.4 Å². The van der Waals surface area contributed by atoms with Crippen molar-refractivity contribution in [3.05, 3.63) is 52.4 Å². The minimum Gasteiger partial charge on any atom is -0.367 e. The van der Waals surface area contributed by atoms with E-state index in [2.05, 4.69) is 28.9 Å². The molecular weight excluding hydrogens is 310 g/mol. The van der Waals surface area contributed by atoms with Crippen molar-refractivity contribution in [2.24, 2.45) is 0 Å². The van der Waals surface area contributed by atoms with Gasteiger partial charge in [-0.1, -0.05) is 48.9 Å². The number of nitrogens with zero attached hydrogens (tertiary/aromatic N) is 3. The third-order valence-electron chi connectivity index (χ3n) is 4.38. The van der Waals surface area contributed by atoms with Crippen LogP contribution < -0.4 is 4.90 Å². The normalized spacial score (nSPS) is 21.5. The van der Waals surface area contributed by atoms with Crippen LogP contribution in [0.3, 0.4) is 0 Å². The smallest absolute Gasteiger partial charge is 0.137 e. The molecule has 1 aromatic carbocycles. The molecule has 122 valence electrons. The van der Waals surface area contributed by atoms with E-state index in [9.17, 15) is 0 Å². The Morgan fingerprint density at radius 2 is 2.00 bits per heavy atom. The number of aromatic nitrogens is 2. The van der Waals surface area contributed by atoms with E-state index in [1.54, 1.807) is 0 Å². The predicted molar refractivity (Wildman–Crippen MR) is 93.1 cm³/mol. The van der Waals surface area contributed by atoms with Gasteiger partial charge in [-0.15, -0.1) is 0 Å². The van der Waals surface area contributed by atoms with Gasteiger partial charge < -0.3 is 9.64 Å². The van der Waals surface area contributed by atoms with Crippen molar-refractivity contribution in [1.82, 2.24) is 9.97 Å². The lowest BCUT2D eigenvalue weighted by Crippen LogP contribution is -2.49. The zero-order valence-corrected chi connectivity index (χ0v) is 14.6. The van der Waals surface area contributed by atoms with Gasteiger partial charge in [0.2, 0.25) is 0 Å². The van der Waals surface area contributed by atoms with Crippen LogP contribution in [0.4, 0.5) is 5.82 Å². The van der Waals surface area contributed by atoms with Crippen molar-refractivity contribution < 1.29 is 4.74 Å². The van der Waals surface area contributed by atoms with E-state index in [1.165, 1.54) is 5.56 Å². The maximum Gasteiger partial charge on any atom is 0.137 e. The fraction of sp³-hybridized carbons (Fsp3) is 0.444. The molecule has 0 spiro atoms. The van der Waals surface area contributed by atoms with E-state index in [0.717, 1.165) is 36.7 Å². The van der Waals surface area contributed by atoms with Gasteiger partial charge >= 0.3 is 0 Å². The van der Waals surface area contributed by atoms with Crippen molar-refractivity contribution in [3.63, 3.8) is 0 Å². The second kappa shape index (κ2) is 6.46. The molecule has 1 aromatic heterocycles. The SMILES string of the molecule is CCc1nc(Cl)c(C)c(N2CCOC(C)(c3ccccc3)C2)n1. The molecular formula is C18H22ClN3O. The summed E-state index contributed by atoms with van der Waals surface area (Å²) in [6.07, 6.45) is 0.771. The number of anilines is 1. The van der Waals surface area contributed by atoms with Crippen molar-refractivity contribution in [2.45, 2.75) is 32.8 Å². The Morgan fingerprint density at radius 1 is 1.26 bits per heavy atom. The summed E-state index contributed by atoms with van der Waals surface area (Å²) in [5.41, 5.74) is 1.76. The van der Waals surface area contributed by atoms with Crippen LogP contribution in [-0.2, 0) is 16.8 Å². The predicted octanol–water partition coefficient (Wildman–Crippen LogP) is 3.75. The molecule has 3 rings (SSSR count). The Kier molecular flexibility index (Phi) is 4.55. The van der Waals surface area contributed by atoms with Gasteiger partial charge in [-0.3, -0.25) is 0 Å². The Balaban J connectivity index is 1.94. The maximum atomic E-state index is 6.30. The van der Waals surface area contributed by atoms with Crippen molar-refractivity contribution in [1.29, 1.82) is 0 Å². The summed E-state index contributed by atoms with van der Waals surface area (Å²) in [5, 5.41) is 0.541. The summed E-state index contributed by atoms with van der Waals surface area (Å²) < 4.78 is 6.11. The van der Waals surface area contributed by atoms with Gasteiger partial charge in [0.05, 0.1) is 13.2 Å². The number of ether oxygens (including phenoxy) is 1. The highest BCUT2D eigenvalue weighted by Crippen LogP contribution is 2.33. The molecule has 1 fully saturated rings. The minimum absolute atomic E-state index is 0.351. The van der Waals surface area contributed by atoms with Gasteiger partial charge in [0.25, 0.3) is 0 Å². The van der Waals surface area contributed by atoms with E-state index in [1.807, 2.05) is 32.0 Å². The molecule has 1 unspecified atom stereocenters. The highest BCUT2D eigenvalue weighted by molar-refractivity contribution is 6.30. The van der Waals surface area contributed by atoms with Crippen LogP contribution in [-0.4, -0.2) is 29.7 Å². The molecule has 0 amide bonds. The first kappa shape index (κ1) is 16.2. The number of rotatable bonds is 3. The van der Waals surface area contributed by atoms with Crippen LogP contribution in [0.25, 0.3) is 0 Å². The number of halogens is 1. The van der Waals surface area contributed by atoms with Gasteiger partial charge in [-0.2, -0.15) is 0 Å². The van der Waals surface area contributed by atoms with Gasteiger partial charge in [-0.25, -0.2) is 9.97 Å². The van der Waals surface area contributed by atoms with Crippen LogP contribution in [0.5, 0.6) is 0 Å². The Hall–Kier alpha value is -1.65. The van der Waals surface area contributed by atoms with Crippen molar-refractivity contribution in [3.8, 4) is 0 Å². The molecule has 0 bridgehead atoms. The summed E-state index contributed by atoms with van der Waals surface area (Å²) in [7, 11) is 0. The largest absolute Gasteiger partial charge is 0.367 e. The van der Waals surface area contributed by atoms with E-state index in [0.29, 0.717) is 11.8 Å². The van der Waals surface area contributed by atoms with Crippen LogP contribution in [0.1, 0.15) is 30.8 Å². The average molecular weight is 332 g/mol. The maximum absolute atomic E-state index is 6.30.